The molecule has 3 aromatic rings. The molecule has 4 aliphatic heterocycles. The fourth-order valence-corrected chi connectivity index (χ4v) is 7.20. The Hall–Kier alpha value is -2.79. The first-order valence-corrected chi connectivity index (χ1v) is 15.0. The lowest BCUT2D eigenvalue weighted by Crippen LogP contribution is -2.58. The van der Waals surface area contributed by atoms with Crippen LogP contribution in [0.1, 0.15) is 57.5 Å². The average Bonchev–Trinajstić information content (AvgIpc) is 3.54. The topological polar surface area (TPSA) is 80.6 Å². The molecule has 0 bridgehead atoms. The summed E-state index contributed by atoms with van der Waals surface area (Å²) < 4.78 is 39.8. The summed E-state index contributed by atoms with van der Waals surface area (Å²) >= 11 is 0. The molecular formula is C33H40N2O7. The number of rotatable bonds is 6. The van der Waals surface area contributed by atoms with Crippen LogP contribution < -0.4 is 0 Å². The molecule has 1 amide bonds. The van der Waals surface area contributed by atoms with E-state index in [0.717, 1.165) is 16.8 Å². The van der Waals surface area contributed by atoms with Gasteiger partial charge in [0.15, 0.2) is 17.7 Å². The van der Waals surface area contributed by atoms with Gasteiger partial charge in [-0.05, 0) is 64.7 Å². The number of hydrogen-bond acceptors (Lipinski definition) is 7. The first-order chi connectivity index (χ1) is 20.1. The maximum Gasteiger partial charge on any atom is 0.286 e. The van der Waals surface area contributed by atoms with E-state index in [2.05, 4.69) is 41.0 Å². The third-order valence-electron chi connectivity index (χ3n) is 8.86. The summed E-state index contributed by atoms with van der Waals surface area (Å²) in [5.41, 5.74) is 4.60. The number of nitrogens with zero attached hydrogens (tertiary/aromatic N) is 2. The molecule has 4 aliphatic rings. The highest BCUT2D eigenvalue weighted by molar-refractivity contribution is 5.89. The number of aromatic nitrogens is 1. The lowest BCUT2D eigenvalue weighted by atomic mass is 9.91. The Bertz CT molecular complexity index is 1480. The molecule has 0 unspecified atom stereocenters. The maximum atomic E-state index is 15.0. The second-order valence-electron chi connectivity index (χ2n) is 12.5. The largest absolute Gasteiger partial charge is 0.361 e. The van der Waals surface area contributed by atoms with E-state index < -0.39 is 35.7 Å². The molecule has 5 heterocycles. The van der Waals surface area contributed by atoms with Gasteiger partial charge in [0.1, 0.15) is 18.9 Å². The number of para-hydroxylation sites is 1. The second kappa shape index (κ2) is 10.1. The van der Waals surface area contributed by atoms with Gasteiger partial charge in [0.2, 0.25) is 0 Å². The Kier molecular flexibility index (Phi) is 6.77. The van der Waals surface area contributed by atoms with Crippen LogP contribution in [0.3, 0.4) is 0 Å². The average molecular weight is 577 g/mol. The number of fused-ring (bicyclic) bond motifs is 6. The standard InChI is InChI=1S/C33H40N2O7/c1-6-37-20-35-24-15-11-10-14-22(24)23-16-17-34(25(27(23)35)18-21-12-8-7-9-13-21)30(36)33-29(41-32(4,5)42-33)28-26(39-33)19-38-31(2,3)40-28/h7-15,25-26,28-29H,6,16-20H2,1-5H3/t25-,26+,28-,29+,33-/m1/s1. The number of ether oxygens (including phenoxy) is 6. The van der Waals surface area contributed by atoms with Crippen molar-refractivity contribution in [2.45, 2.75) is 95.9 Å². The van der Waals surface area contributed by atoms with Crippen LogP contribution in [0.15, 0.2) is 54.6 Å². The highest BCUT2D eigenvalue weighted by Crippen LogP contribution is 2.51. The summed E-state index contributed by atoms with van der Waals surface area (Å²) in [7, 11) is 0. The summed E-state index contributed by atoms with van der Waals surface area (Å²) in [5, 5.41) is 1.20. The summed E-state index contributed by atoms with van der Waals surface area (Å²) in [4.78, 5) is 16.9. The molecule has 224 valence electrons. The number of carbonyl (C=O) groups is 1. The van der Waals surface area contributed by atoms with Gasteiger partial charge in [-0.3, -0.25) is 4.79 Å². The van der Waals surface area contributed by atoms with Gasteiger partial charge in [-0.1, -0.05) is 48.5 Å². The van der Waals surface area contributed by atoms with Crippen LogP contribution in [0.25, 0.3) is 10.9 Å². The fraction of sp³-hybridized carbons (Fsp3) is 0.545. The molecule has 9 heteroatoms. The quantitative estimate of drug-likeness (QED) is 0.421. The van der Waals surface area contributed by atoms with Crippen LogP contribution in [0.2, 0.25) is 0 Å². The van der Waals surface area contributed by atoms with E-state index in [1.54, 1.807) is 0 Å². The highest BCUT2D eigenvalue weighted by Gasteiger charge is 2.72. The Morgan fingerprint density at radius 1 is 0.976 bits per heavy atom. The van der Waals surface area contributed by atoms with Gasteiger partial charge in [0, 0.05) is 24.2 Å². The molecule has 0 saturated carbocycles. The van der Waals surface area contributed by atoms with Crippen molar-refractivity contribution in [1.82, 2.24) is 9.47 Å². The Balaban J connectivity index is 1.34. The van der Waals surface area contributed by atoms with Crippen molar-refractivity contribution in [2.24, 2.45) is 0 Å². The zero-order valence-corrected chi connectivity index (χ0v) is 25.0. The van der Waals surface area contributed by atoms with Crippen molar-refractivity contribution in [3.63, 3.8) is 0 Å². The van der Waals surface area contributed by atoms with Crippen LogP contribution in [0.5, 0.6) is 0 Å². The molecule has 0 aliphatic carbocycles. The first-order valence-electron chi connectivity index (χ1n) is 15.0. The third-order valence-corrected chi connectivity index (χ3v) is 8.86. The van der Waals surface area contributed by atoms with Gasteiger partial charge in [-0.15, -0.1) is 0 Å². The molecule has 5 atom stereocenters. The number of benzene rings is 2. The molecule has 9 nitrogen and oxygen atoms in total. The number of amides is 1. The Morgan fingerprint density at radius 3 is 2.52 bits per heavy atom. The minimum atomic E-state index is -1.65. The predicted octanol–water partition coefficient (Wildman–Crippen LogP) is 4.70. The van der Waals surface area contributed by atoms with Gasteiger partial charge in [-0.2, -0.15) is 0 Å². The van der Waals surface area contributed by atoms with Crippen LogP contribution >= 0.6 is 0 Å². The minimum Gasteiger partial charge on any atom is -0.361 e. The van der Waals surface area contributed by atoms with E-state index in [1.807, 2.05) is 57.7 Å². The van der Waals surface area contributed by atoms with E-state index >= 15 is 4.79 Å². The molecule has 0 radical (unpaired) electrons. The Labute approximate surface area is 246 Å². The zero-order chi connectivity index (χ0) is 29.3. The number of carbonyl (C=O) groups excluding carboxylic acids is 1. The Morgan fingerprint density at radius 2 is 1.74 bits per heavy atom. The molecule has 0 N–H and O–H groups in total. The van der Waals surface area contributed by atoms with Crippen molar-refractivity contribution in [3.05, 3.63) is 71.4 Å². The molecule has 3 saturated heterocycles. The summed E-state index contributed by atoms with van der Waals surface area (Å²) in [6, 6.07) is 18.5. The van der Waals surface area contributed by atoms with E-state index in [-0.39, 0.29) is 18.6 Å². The van der Waals surface area contributed by atoms with Crippen molar-refractivity contribution in [2.75, 3.05) is 19.8 Å². The summed E-state index contributed by atoms with van der Waals surface area (Å²) in [6.07, 6.45) is -0.387. The molecule has 0 spiro atoms. The number of hydrogen-bond donors (Lipinski definition) is 0. The monoisotopic (exact) mass is 576 g/mol. The van der Waals surface area contributed by atoms with E-state index in [1.165, 1.54) is 10.9 Å². The highest BCUT2D eigenvalue weighted by atomic mass is 16.9. The van der Waals surface area contributed by atoms with Crippen molar-refractivity contribution < 1.29 is 33.2 Å². The minimum absolute atomic E-state index is 0.242. The summed E-state index contributed by atoms with van der Waals surface area (Å²) in [6.45, 7) is 11.2. The molecule has 1 aromatic heterocycles. The lowest BCUT2D eigenvalue weighted by molar-refractivity contribution is -0.325. The van der Waals surface area contributed by atoms with Gasteiger partial charge in [0.25, 0.3) is 11.7 Å². The molecular weight excluding hydrogens is 536 g/mol. The van der Waals surface area contributed by atoms with E-state index in [9.17, 15) is 0 Å². The van der Waals surface area contributed by atoms with Crippen LogP contribution in [0.4, 0.5) is 0 Å². The summed E-state index contributed by atoms with van der Waals surface area (Å²) in [5.74, 6) is -3.74. The molecule has 3 fully saturated rings. The van der Waals surface area contributed by atoms with E-state index in [0.29, 0.717) is 32.7 Å². The SMILES string of the molecule is CCOCn1c2c(c3ccccc31)CCN(C(=O)[C@@]13O[C@H]4COC(C)(C)O[C@H]4[C@@H]1OC(C)(C)O3)[C@@H]2Cc1ccccc1. The maximum absolute atomic E-state index is 15.0. The normalized spacial score (nSPS) is 31.1. The molecule has 7 rings (SSSR count). The fourth-order valence-electron chi connectivity index (χ4n) is 7.20. The smallest absolute Gasteiger partial charge is 0.286 e. The molecule has 42 heavy (non-hydrogen) atoms. The second-order valence-corrected chi connectivity index (χ2v) is 12.5. The van der Waals surface area contributed by atoms with Crippen LogP contribution in [-0.4, -0.2) is 70.8 Å². The van der Waals surface area contributed by atoms with Gasteiger partial charge >= 0.3 is 0 Å². The molecule has 2 aromatic carbocycles. The third kappa shape index (κ3) is 4.49. The van der Waals surface area contributed by atoms with Gasteiger partial charge in [0.05, 0.1) is 18.2 Å². The van der Waals surface area contributed by atoms with E-state index in [4.69, 9.17) is 28.4 Å². The van der Waals surface area contributed by atoms with Crippen molar-refractivity contribution >= 4 is 16.8 Å². The van der Waals surface area contributed by atoms with Crippen LogP contribution in [0, 0.1) is 0 Å². The van der Waals surface area contributed by atoms with Crippen molar-refractivity contribution in [3.8, 4) is 0 Å². The van der Waals surface area contributed by atoms with Gasteiger partial charge < -0.3 is 37.9 Å². The predicted molar refractivity (Wildman–Crippen MR) is 154 cm³/mol. The van der Waals surface area contributed by atoms with Gasteiger partial charge in [-0.25, -0.2) is 0 Å². The lowest BCUT2D eigenvalue weighted by Gasteiger charge is -2.41. The zero-order valence-electron chi connectivity index (χ0n) is 25.0. The van der Waals surface area contributed by atoms with Crippen LogP contribution in [-0.2, 0) is 52.8 Å². The first kappa shape index (κ1) is 28.0. The van der Waals surface area contributed by atoms with Crippen molar-refractivity contribution in [1.29, 1.82) is 0 Å².